The zero-order valence-electron chi connectivity index (χ0n) is 20.5. The minimum absolute atomic E-state index is 0.0818. The third-order valence-corrected chi connectivity index (χ3v) is 8.89. The van der Waals surface area contributed by atoms with E-state index < -0.39 is 8.07 Å². The highest BCUT2D eigenvalue weighted by molar-refractivity contribution is 7.60. The molecule has 4 rings (SSSR count). The van der Waals surface area contributed by atoms with Gasteiger partial charge in [0.25, 0.3) is 0 Å². The lowest BCUT2D eigenvalue weighted by atomic mass is 10.0. The monoisotopic (exact) mass is 472 g/mol. The van der Waals surface area contributed by atoms with Crippen molar-refractivity contribution in [2.75, 3.05) is 11.8 Å². The maximum Gasteiger partial charge on any atom is 0.118 e. The second kappa shape index (κ2) is 10.8. The van der Waals surface area contributed by atoms with E-state index in [1.165, 1.54) is 11.3 Å². The molecule has 5 nitrogen and oxygen atoms in total. The second-order valence-electron chi connectivity index (χ2n) is 8.85. The average Bonchev–Trinajstić information content (AvgIpc) is 3.34. The van der Waals surface area contributed by atoms with E-state index >= 15 is 0 Å². The molecule has 0 bridgehead atoms. The highest BCUT2D eigenvalue weighted by atomic mass is 31.1. The molecule has 1 aromatic heterocycles. The van der Waals surface area contributed by atoms with Crippen LogP contribution < -0.4 is 9.41 Å². The van der Waals surface area contributed by atoms with Crippen molar-refractivity contribution in [3.05, 3.63) is 102 Å². The molecule has 1 heterocycles. The molecule has 0 fully saturated rings. The maximum atomic E-state index is 5.44. The van der Waals surface area contributed by atoms with Crippen LogP contribution in [0.25, 0.3) is 5.69 Å². The number of benzene rings is 3. The summed E-state index contributed by atoms with van der Waals surface area (Å²) in [5.41, 5.74) is 5.28. The first-order chi connectivity index (χ1) is 16.5. The molecule has 6 heteroatoms. The molecule has 0 N–H and O–H groups in total. The van der Waals surface area contributed by atoms with Crippen LogP contribution in [0, 0.1) is 0 Å². The zero-order chi connectivity index (χ0) is 24.1. The summed E-state index contributed by atoms with van der Waals surface area (Å²) in [6.07, 6.45) is 2.06. The molecule has 0 saturated carbocycles. The van der Waals surface area contributed by atoms with Crippen LogP contribution in [-0.2, 0) is 0 Å². The molecule has 1 unspecified atom stereocenters. The van der Waals surface area contributed by atoms with Crippen LogP contribution in [0.3, 0.4) is 0 Å². The summed E-state index contributed by atoms with van der Waals surface area (Å²) in [5, 5.41) is 9.22. The predicted molar refractivity (Wildman–Crippen MR) is 142 cm³/mol. The van der Waals surface area contributed by atoms with Crippen molar-refractivity contribution < 1.29 is 4.74 Å². The summed E-state index contributed by atoms with van der Waals surface area (Å²) < 4.78 is 9.90. The van der Waals surface area contributed by atoms with Gasteiger partial charge < -0.3 is 9.41 Å². The molecule has 1 atom stereocenters. The fraction of sp³-hybridized carbons (Fsp3) is 0.286. The van der Waals surface area contributed by atoms with Crippen molar-refractivity contribution >= 4 is 13.8 Å². The van der Waals surface area contributed by atoms with E-state index in [-0.39, 0.29) is 6.04 Å². The number of ether oxygens (including phenoxy) is 1. The van der Waals surface area contributed by atoms with Crippen LogP contribution in [0.5, 0.6) is 5.75 Å². The van der Waals surface area contributed by atoms with E-state index in [1.807, 2.05) is 47.1 Å². The van der Waals surface area contributed by atoms with Crippen LogP contribution in [-0.4, -0.2) is 33.4 Å². The Morgan fingerprint density at radius 3 is 1.94 bits per heavy atom. The van der Waals surface area contributed by atoms with E-state index in [1.54, 1.807) is 7.11 Å². The highest BCUT2D eigenvalue weighted by Crippen LogP contribution is 2.56. The van der Waals surface area contributed by atoms with Gasteiger partial charge in [0.15, 0.2) is 0 Å². The number of nitrogens with zero attached hydrogens (tertiary/aromatic N) is 4. The summed E-state index contributed by atoms with van der Waals surface area (Å²) in [6, 6.07) is 29.1. The fourth-order valence-electron chi connectivity index (χ4n) is 4.42. The molecule has 0 amide bonds. The SMILES string of the molecule is COc1ccc(C(c2cn(-c3ccccc3)nn2)N(c2ccccc2)P(C(C)C)C(C)C)cc1. The van der Waals surface area contributed by atoms with Gasteiger partial charge in [-0.15, -0.1) is 5.10 Å². The smallest absolute Gasteiger partial charge is 0.118 e. The van der Waals surface area contributed by atoms with E-state index in [0.29, 0.717) is 11.3 Å². The molecule has 0 aliphatic carbocycles. The largest absolute Gasteiger partial charge is 0.497 e. The lowest BCUT2D eigenvalue weighted by Crippen LogP contribution is -2.30. The number of methoxy groups -OCH3 is 1. The van der Waals surface area contributed by atoms with E-state index in [4.69, 9.17) is 9.84 Å². The second-order valence-corrected chi connectivity index (χ2v) is 12.1. The molecule has 4 aromatic rings. The van der Waals surface area contributed by atoms with Crippen molar-refractivity contribution in [3.8, 4) is 11.4 Å². The molecule has 3 aromatic carbocycles. The van der Waals surface area contributed by atoms with Crippen molar-refractivity contribution in [2.24, 2.45) is 0 Å². The van der Waals surface area contributed by atoms with Crippen LogP contribution in [0.15, 0.2) is 91.1 Å². The lowest BCUT2D eigenvalue weighted by molar-refractivity contribution is 0.414. The molecular weight excluding hydrogens is 439 g/mol. The van der Waals surface area contributed by atoms with E-state index in [9.17, 15) is 0 Å². The summed E-state index contributed by atoms with van der Waals surface area (Å²) in [6.45, 7) is 9.31. The van der Waals surface area contributed by atoms with Gasteiger partial charge in [-0.1, -0.05) is 81.4 Å². The van der Waals surface area contributed by atoms with Gasteiger partial charge in [0, 0.05) is 5.69 Å². The van der Waals surface area contributed by atoms with Crippen LogP contribution in [0.2, 0.25) is 0 Å². The summed E-state index contributed by atoms with van der Waals surface area (Å²) in [5.74, 6) is 0.844. The number of aromatic nitrogens is 3. The van der Waals surface area contributed by atoms with Gasteiger partial charge in [0.05, 0.1) is 19.0 Å². The highest BCUT2D eigenvalue weighted by Gasteiger charge is 2.34. The van der Waals surface area contributed by atoms with Gasteiger partial charge in [-0.3, -0.25) is 0 Å². The maximum absolute atomic E-state index is 5.44. The number of anilines is 1. The minimum Gasteiger partial charge on any atom is -0.497 e. The Balaban J connectivity index is 1.90. The molecule has 0 aliphatic heterocycles. The molecule has 0 spiro atoms. The van der Waals surface area contributed by atoms with Crippen LogP contribution >= 0.6 is 8.07 Å². The molecule has 0 aliphatic rings. The Kier molecular flexibility index (Phi) is 7.64. The normalized spacial score (nSPS) is 12.4. The van der Waals surface area contributed by atoms with Crippen molar-refractivity contribution in [1.29, 1.82) is 0 Å². The van der Waals surface area contributed by atoms with E-state index in [0.717, 1.165) is 17.1 Å². The first-order valence-electron chi connectivity index (χ1n) is 11.7. The zero-order valence-corrected chi connectivity index (χ0v) is 21.4. The number of para-hydroxylation sites is 2. The Labute approximate surface area is 204 Å². The van der Waals surface area contributed by atoms with Gasteiger partial charge in [-0.05, 0) is 61.4 Å². The van der Waals surface area contributed by atoms with Crippen LogP contribution in [0.1, 0.15) is 45.0 Å². The molecule has 176 valence electrons. The summed E-state index contributed by atoms with van der Waals surface area (Å²) >= 11 is 0. The molecule has 34 heavy (non-hydrogen) atoms. The molecule has 0 saturated heterocycles. The first-order valence-corrected chi connectivity index (χ1v) is 13.2. The quantitative estimate of drug-likeness (QED) is 0.244. The molecule has 0 radical (unpaired) electrons. The standard InChI is InChI=1S/C28H33N4OP/c1-21(2)34(22(3)4)32(25-14-10-7-11-15-25)28(23-16-18-26(33-5)19-17-23)27-20-31(30-29-27)24-12-8-6-9-13-24/h6-22,28H,1-5H3. The lowest BCUT2D eigenvalue weighted by Gasteiger charge is -2.43. The van der Waals surface area contributed by atoms with Crippen molar-refractivity contribution in [3.63, 3.8) is 0 Å². The molecular formula is C28H33N4OP. The van der Waals surface area contributed by atoms with Crippen molar-refractivity contribution in [1.82, 2.24) is 15.0 Å². The van der Waals surface area contributed by atoms with Crippen LogP contribution in [0.4, 0.5) is 5.69 Å². The van der Waals surface area contributed by atoms with Gasteiger partial charge in [-0.25, -0.2) is 4.68 Å². The van der Waals surface area contributed by atoms with Crippen molar-refractivity contribution in [2.45, 2.75) is 45.1 Å². The third-order valence-electron chi connectivity index (χ3n) is 5.82. The van der Waals surface area contributed by atoms with Gasteiger partial charge >= 0.3 is 0 Å². The summed E-state index contributed by atoms with van der Waals surface area (Å²) in [4.78, 5) is 0. The Morgan fingerprint density at radius 1 is 0.794 bits per heavy atom. The van der Waals surface area contributed by atoms with E-state index in [2.05, 4.69) is 86.2 Å². The number of rotatable bonds is 9. The Hall–Kier alpha value is -3.17. The fourth-order valence-corrected chi connectivity index (χ4v) is 7.53. The minimum atomic E-state index is -0.536. The third kappa shape index (κ3) is 5.15. The Morgan fingerprint density at radius 2 is 1.38 bits per heavy atom. The van der Waals surface area contributed by atoms with Gasteiger partial charge in [0.1, 0.15) is 17.5 Å². The number of hydrogen-bond donors (Lipinski definition) is 0. The Bertz CT molecular complexity index is 1150. The number of hydrogen-bond acceptors (Lipinski definition) is 4. The van der Waals surface area contributed by atoms with Gasteiger partial charge in [-0.2, -0.15) is 0 Å². The summed E-state index contributed by atoms with van der Waals surface area (Å²) in [7, 11) is 1.16. The van der Waals surface area contributed by atoms with Gasteiger partial charge in [0.2, 0.25) is 0 Å². The topological polar surface area (TPSA) is 43.2 Å². The predicted octanol–water partition coefficient (Wildman–Crippen LogP) is 7.09. The first kappa shape index (κ1) is 24.0. The average molecular weight is 473 g/mol.